The number of hydrogen-bond acceptors (Lipinski definition) is 8. The SMILES string of the molecule is CCSCCNC(=O)c1ccnc2c(-c3nc4cc(C(F)(F)F)cnc4n3C)c(S(=O)(=O)CC)nn12. The zero-order chi connectivity index (χ0) is 26.3. The number of carbonyl (C=O) groups excluding carboxylic acids is 1. The van der Waals surface area contributed by atoms with Gasteiger partial charge in [-0.1, -0.05) is 13.8 Å². The monoisotopic (exact) mass is 541 g/mol. The Kier molecular flexibility index (Phi) is 6.96. The number of carbonyl (C=O) groups is 1. The quantitative estimate of drug-likeness (QED) is 0.338. The van der Waals surface area contributed by atoms with E-state index in [1.54, 1.807) is 11.8 Å². The summed E-state index contributed by atoms with van der Waals surface area (Å²) in [6, 6.07) is 2.24. The van der Waals surface area contributed by atoms with Crippen molar-refractivity contribution in [1.82, 2.24) is 34.4 Å². The summed E-state index contributed by atoms with van der Waals surface area (Å²) in [5.74, 6) is 0.815. The van der Waals surface area contributed by atoms with Crippen LogP contribution in [0.4, 0.5) is 13.2 Å². The van der Waals surface area contributed by atoms with Crippen molar-refractivity contribution in [1.29, 1.82) is 0 Å². The van der Waals surface area contributed by atoms with Crippen molar-refractivity contribution in [2.45, 2.75) is 25.0 Å². The predicted octanol–water partition coefficient (Wildman–Crippen LogP) is 2.97. The number of rotatable bonds is 8. The zero-order valence-corrected chi connectivity index (χ0v) is 21.1. The minimum atomic E-state index is -4.63. The topological polar surface area (TPSA) is 124 Å². The maximum atomic E-state index is 13.2. The minimum Gasteiger partial charge on any atom is -0.350 e. The molecular weight excluding hydrogens is 519 g/mol. The van der Waals surface area contributed by atoms with Gasteiger partial charge in [-0.15, -0.1) is 0 Å². The average molecular weight is 542 g/mol. The number of alkyl halides is 3. The molecule has 0 bridgehead atoms. The van der Waals surface area contributed by atoms with Crippen molar-refractivity contribution >= 4 is 44.3 Å². The second kappa shape index (κ2) is 9.69. The summed E-state index contributed by atoms with van der Waals surface area (Å²) in [5.41, 5.74) is -0.909. The second-order valence-corrected chi connectivity index (χ2v) is 11.2. The van der Waals surface area contributed by atoms with E-state index in [1.807, 2.05) is 6.92 Å². The van der Waals surface area contributed by atoms with Crippen molar-refractivity contribution in [3.8, 4) is 11.4 Å². The number of nitrogens with zero attached hydrogens (tertiary/aromatic N) is 6. The van der Waals surface area contributed by atoms with Crippen LogP contribution >= 0.6 is 11.8 Å². The fourth-order valence-electron chi connectivity index (χ4n) is 3.57. The first-order valence-corrected chi connectivity index (χ1v) is 13.7. The molecule has 0 aromatic carbocycles. The van der Waals surface area contributed by atoms with Gasteiger partial charge in [-0.25, -0.2) is 27.9 Å². The highest BCUT2D eigenvalue weighted by atomic mass is 32.2. The lowest BCUT2D eigenvalue weighted by atomic mass is 10.2. The number of halogens is 3. The Labute approximate surface area is 208 Å². The van der Waals surface area contributed by atoms with Crippen molar-refractivity contribution in [3.05, 3.63) is 35.8 Å². The van der Waals surface area contributed by atoms with E-state index in [2.05, 4.69) is 25.4 Å². The van der Waals surface area contributed by atoms with E-state index in [4.69, 9.17) is 0 Å². The van der Waals surface area contributed by atoms with Gasteiger partial charge in [0.25, 0.3) is 5.91 Å². The number of imidazole rings is 1. The average Bonchev–Trinajstić information content (AvgIpc) is 3.39. The van der Waals surface area contributed by atoms with E-state index >= 15 is 0 Å². The van der Waals surface area contributed by atoms with Crippen molar-refractivity contribution in [2.75, 3.05) is 23.8 Å². The number of thioether (sulfide) groups is 1. The van der Waals surface area contributed by atoms with Crippen LogP contribution < -0.4 is 5.32 Å². The zero-order valence-electron chi connectivity index (χ0n) is 19.5. The second-order valence-electron chi connectivity index (χ2n) is 7.66. The van der Waals surface area contributed by atoms with E-state index in [1.165, 1.54) is 30.8 Å². The van der Waals surface area contributed by atoms with Gasteiger partial charge in [0, 0.05) is 31.7 Å². The van der Waals surface area contributed by atoms with Gasteiger partial charge in [-0.05, 0) is 17.9 Å². The van der Waals surface area contributed by atoms with Crippen molar-refractivity contribution in [3.63, 3.8) is 0 Å². The lowest BCUT2D eigenvalue weighted by Crippen LogP contribution is -2.28. The molecule has 0 spiro atoms. The highest BCUT2D eigenvalue weighted by Crippen LogP contribution is 2.34. The van der Waals surface area contributed by atoms with Gasteiger partial charge in [-0.2, -0.15) is 30.0 Å². The summed E-state index contributed by atoms with van der Waals surface area (Å²) >= 11 is 1.65. The largest absolute Gasteiger partial charge is 0.417 e. The van der Waals surface area contributed by atoms with Gasteiger partial charge >= 0.3 is 6.18 Å². The summed E-state index contributed by atoms with van der Waals surface area (Å²) in [5, 5.41) is 6.60. The Bertz CT molecular complexity index is 1560. The number of amides is 1. The number of nitrogens with one attached hydrogen (secondary N) is 1. The van der Waals surface area contributed by atoms with Crippen LogP contribution in [0, 0.1) is 0 Å². The van der Waals surface area contributed by atoms with E-state index in [0.29, 0.717) is 18.5 Å². The first kappa shape index (κ1) is 25.9. The van der Waals surface area contributed by atoms with Gasteiger partial charge in [0.15, 0.2) is 26.2 Å². The van der Waals surface area contributed by atoms with Crippen LogP contribution in [0.3, 0.4) is 0 Å². The number of sulfone groups is 1. The molecule has 4 aromatic heterocycles. The standard InChI is InChI=1S/C21H22F3N7O3S2/c1-4-35-9-8-26-19(32)14-6-7-25-17-15(20(29-31(14)17)36(33,34)5-2)18-28-13-10-12(21(22,23)24)11-27-16(13)30(18)3/h6-7,10-11H,4-5,8-9H2,1-3H3,(H,26,32). The molecule has 0 saturated heterocycles. The number of pyridine rings is 1. The number of fused-ring (bicyclic) bond motifs is 2. The minimum absolute atomic E-state index is 0.00301. The molecule has 0 atom stereocenters. The number of aromatic nitrogens is 6. The summed E-state index contributed by atoms with van der Waals surface area (Å²) < 4.78 is 68.1. The highest BCUT2D eigenvalue weighted by molar-refractivity contribution is 7.99. The lowest BCUT2D eigenvalue weighted by Gasteiger charge is -2.06. The first-order chi connectivity index (χ1) is 17.0. The third kappa shape index (κ3) is 4.64. The van der Waals surface area contributed by atoms with Gasteiger partial charge in [-0.3, -0.25) is 4.79 Å². The molecule has 4 rings (SSSR count). The van der Waals surface area contributed by atoms with Crippen molar-refractivity contribution in [2.24, 2.45) is 7.05 Å². The smallest absolute Gasteiger partial charge is 0.350 e. The fourth-order valence-corrected chi connectivity index (χ4v) is 5.08. The first-order valence-electron chi connectivity index (χ1n) is 10.9. The molecule has 1 N–H and O–H groups in total. The lowest BCUT2D eigenvalue weighted by molar-refractivity contribution is -0.137. The van der Waals surface area contributed by atoms with Crippen LogP contribution in [-0.4, -0.2) is 67.3 Å². The van der Waals surface area contributed by atoms with Gasteiger partial charge in [0.05, 0.1) is 11.3 Å². The molecular formula is C21H22F3N7O3S2. The Morgan fingerprint density at radius 1 is 1.19 bits per heavy atom. The predicted molar refractivity (Wildman–Crippen MR) is 129 cm³/mol. The molecule has 36 heavy (non-hydrogen) atoms. The molecule has 0 aliphatic rings. The summed E-state index contributed by atoms with van der Waals surface area (Å²) in [4.78, 5) is 25.2. The van der Waals surface area contributed by atoms with Crippen LogP contribution in [0.25, 0.3) is 28.2 Å². The molecule has 1 amide bonds. The number of aryl methyl sites for hydroxylation is 1. The molecule has 0 radical (unpaired) electrons. The molecule has 10 nitrogen and oxygen atoms in total. The summed E-state index contributed by atoms with van der Waals surface area (Å²) in [7, 11) is -2.45. The van der Waals surface area contributed by atoms with Gasteiger partial charge in [0.2, 0.25) is 0 Å². The van der Waals surface area contributed by atoms with Crippen LogP contribution in [-0.2, 0) is 23.1 Å². The molecule has 0 saturated carbocycles. The Morgan fingerprint density at radius 2 is 1.94 bits per heavy atom. The highest BCUT2D eigenvalue weighted by Gasteiger charge is 2.33. The molecule has 4 heterocycles. The molecule has 192 valence electrons. The Balaban J connectivity index is 1.93. The molecule has 0 unspecified atom stereocenters. The maximum absolute atomic E-state index is 13.2. The van der Waals surface area contributed by atoms with E-state index < -0.39 is 27.5 Å². The fraction of sp³-hybridized carbons (Fsp3) is 0.381. The molecule has 0 aliphatic carbocycles. The van der Waals surface area contributed by atoms with Gasteiger partial charge < -0.3 is 9.88 Å². The van der Waals surface area contributed by atoms with Crippen LogP contribution in [0.2, 0.25) is 0 Å². The third-order valence-corrected chi connectivity index (χ3v) is 7.93. The van der Waals surface area contributed by atoms with Crippen molar-refractivity contribution < 1.29 is 26.4 Å². The Morgan fingerprint density at radius 3 is 2.61 bits per heavy atom. The van der Waals surface area contributed by atoms with Gasteiger partial charge in [0.1, 0.15) is 22.6 Å². The van der Waals surface area contributed by atoms with E-state index in [0.717, 1.165) is 16.3 Å². The van der Waals surface area contributed by atoms with Crippen LogP contribution in [0.5, 0.6) is 0 Å². The molecule has 0 fully saturated rings. The molecule has 4 aromatic rings. The normalized spacial score (nSPS) is 12.5. The van der Waals surface area contributed by atoms with Crippen LogP contribution in [0.1, 0.15) is 29.9 Å². The van der Waals surface area contributed by atoms with E-state index in [-0.39, 0.29) is 44.7 Å². The molecule has 0 aliphatic heterocycles. The molecule has 15 heteroatoms. The number of hydrogen-bond donors (Lipinski definition) is 1. The van der Waals surface area contributed by atoms with E-state index in [9.17, 15) is 26.4 Å². The summed E-state index contributed by atoms with van der Waals surface area (Å²) in [6.07, 6.45) is -2.61. The summed E-state index contributed by atoms with van der Waals surface area (Å²) in [6.45, 7) is 3.83. The van der Waals surface area contributed by atoms with Crippen LogP contribution in [0.15, 0.2) is 29.6 Å². The third-order valence-electron chi connectivity index (χ3n) is 5.39. The Hall–Kier alpha value is -3.20. The maximum Gasteiger partial charge on any atom is 0.417 e.